The molecule has 0 bridgehead atoms. The maximum atomic E-state index is 11.6. The van der Waals surface area contributed by atoms with E-state index in [1.54, 1.807) is 24.3 Å². The van der Waals surface area contributed by atoms with Gasteiger partial charge in [0.25, 0.3) is 0 Å². The average molecular weight is 299 g/mol. The first-order valence-electron chi connectivity index (χ1n) is 6.97. The third-order valence-electron chi connectivity index (χ3n) is 3.63. The van der Waals surface area contributed by atoms with Gasteiger partial charge >= 0.3 is 0 Å². The van der Waals surface area contributed by atoms with E-state index in [0.29, 0.717) is 12.5 Å². The Morgan fingerprint density at radius 3 is 2.15 bits per heavy atom. The first-order chi connectivity index (χ1) is 9.44. The van der Waals surface area contributed by atoms with Crippen LogP contribution in [-0.4, -0.2) is 28.1 Å². The Balaban J connectivity index is 2.63. The standard InChI is InChI=1S/C14H25N3O2S/c1-4-11(5-2)14(15)10-17-12-6-8-13(9-7-12)20(18,19)16-3/h6-9,11,14,16-17H,4-5,10,15H2,1-3H3. The van der Waals surface area contributed by atoms with Gasteiger partial charge in [-0.3, -0.25) is 0 Å². The third kappa shape index (κ3) is 4.47. The zero-order valence-electron chi connectivity index (χ0n) is 12.4. The molecule has 1 rings (SSSR count). The van der Waals surface area contributed by atoms with Crippen molar-refractivity contribution in [1.82, 2.24) is 4.72 Å². The van der Waals surface area contributed by atoms with E-state index >= 15 is 0 Å². The molecule has 6 heteroatoms. The average Bonchev–Trinajstić information content (AvgIpc) is 2.47. The molecule has 1 atom stereocenters. The molecule has 4 N–H and O–H groups in total. The Kier molecular flexibility index (Phi) is 6.45. The first-order valence-corrected chi connectivity index (χ1v) is 8.46. The molecule has 0 heterocycles. The van der Waals surface area contributed by atoms with Gasteiger partial charge in [0.1, 0.15) is 0 Å². The van der Waals surface area contributed by atoms with Crippen molar-refractivity contribution in [2.75, 3.05) is 18.9 Å². The minimum absolute atomic E-state index is 0.103. The van der Waals surface area contributed by atoms with E-state index in [2.05, 4.69) is 23.9 Å². The van der Waals surface area contributed by atoms with E-state index < -0.39 is 10.0 Å². The molecular formula is C14H25N3O2S. The van der Waals surface area contributed by atoms with E-state index in [1.807, 2.05) is 0 Å². The van der Waals surface area contributed by atoms with Crippen molar-refractivity contribution in [2.24, 2.45) is 11.7 Å². The molecule has 5 nitrogen and oxygen atoms in total. The lowest BCUT2D eigenvalue weighted by molar-refractivity contribution is 0.407. The van der Waals surface area contributed by atoms with Crippen LogP contribution in [0.5, 0.6) is 0 Å². The fraction of sp³-hybridized carbons (Fsp3) is 0.571. The molecule has 0 fully saturated rings. The lowest BCUT2D eigenvalue weighted by Gasteiger charge is -2.22. The zero-order chi connectivity index (χ0) is 15.2. The highest BCUT2D eigenvalue weighted by atomic mass is 32.2. The van der Waals surface area contributed by atoms with Crippen molar-refractivity contribution < 1.29 is 8.42 Å². The molecule has 0 saturated heterocycles. The summed E-state index contributed by atoms with van der Waals surface area (Å²) in [7, 11) is -1.97. The molecule has 20 heavy (non-hydrogen) atoms. The van der Waals surface area contributed by atoms with Gasteiger partial charge in [0.05, 0.1) is 4.90 Å². The monoisotopic (exact) mass is 299 g/mol. The number of benzene rings is 1. The molecule has 1 unspecified atom stereocenters. The normalized spacial score (nSPS) is 13.4. The molecule has 0 aliphatic rings. The van der Waals surface area contributed by atoms with Crippen LogP contribution >= 0.6 is 0 Å². The Morgan fingerprint density at radius 2 is 1.70 bits per heavy atom. The number of nitrogens with one attached hydrogen (secondary N) is 2. The van der Waals surface area contributed by atoms with Gasteiger partial charge < -0.3 is 11.1 Å². The summed E-state index contributed by atoms with van der Waals surface area (Å²) in [5.41, 5.74) is 7.02. The van der Waals surface area contributed by atoms with Crippen LogP contribution in [0.4, 0.5) is 5.69 Å². The summed E-state index contributed by atoms with van der Waals surface area (Å²) in [5.74, 6) is 0.506. The molecule has 1 aromatic carbocycles. The van der Waals surface area contributed by atoms with Crippen molar-refractivity contribution in [2.45, 2.75) is 37.6 Å². The van der Waals surface area contributed by atoms with Gasteiger partial charge in [-0.05, 0) is 37.2 Å². The molecule has 0 aliphatic carbocycles. The van der Waals surface area contributed by atoms with Gasteiger partial charge in [0.15, 0.2) is 0 Å². The Labute approximate surface area is 122 Å². The van der Waals surface area contributed by atoms with Crippen molar-refractivity contribution in [3.8, 4) is 0 Å². The van der Waals surface area contributed by atoms with E-state index in [-0.39, 0.29) is 10.9 Å². The van der Waals surface area contributed by atoms with E-state index in [9.17, 15) is 8.42 Å². The highest BCUT2D eigenvalue weighted by Gasteiger charge is 2.14. The zero-order valence-corrected chi connectivity index (χ0v) is 13.2. The highest BCUT2D eigenvalue weighted by Crippen LogP contribution is 2.15. The smallest absolute Gasteiger partial charge is 0.240 e. The second kappa shape index (κ2) is 7.61. The molecule has 0 saturated carbocycles. The second-order valence-corrected chi connectivity index (χ2v) is 6.74. The summed E-state index contributed by atoms with van der Waals surface area (Å²) in [6, 6.07) is 6.77. The molecule has 0 aliphatic heterocycles. The lowest BCUT2D eigenvalue weighted by atomic mass is 9.95. The number of hydrogen-bond donors (Lipinski definition) is 3. The summed E-state index contributed by atoms with van der Waals surface area (Å²) >= 11 is 0. The van der Waals surface area contributed by atoms with Crippen LogP contribution in [0, 0.1) is 5.92 Å². The molecule has 114 valence electrons. The van der Waals surface area contributed by atoms with E-state index in [0.717, 1.165) is 18.5 Å². The topological polar surface area (TPSA) is 84.2 Å². The van der Waals surface area contributed by atoms with Gasteiger partial charge in [0.2, 0.25) is 10.0 Å². The van der Waals surface area contributed by atoms with E-state index in [1.165, 1.54) is 7.05 Å². The second-order valence-electron chi connectivity index (χ2n) is 4.85. The summed E-state index contributed by atoms with van der Waals surface area (Å²) in [4.78, 5) is 0.259. The SMILES string of the molecule is CCC(CC)C(N)CNc1ccc(S(=O)(=O)NC)cc1. The Bertz CT molecular complexity index is 496. The van der Waals surface area contributed by atoms with Crippen molar-refractivity contribution in [3.05, 3.63) is 24.3 Å². The number of sulfonamides is 1. The summed E-state index contributed by atoms with van der Waals surface area (Å²) in [6.07, 6.45) is 2.14. The Morgan fingerprint density at radius 1 is 1.15 bits per heavy atom. The van der Waals surface area contributed by atoms with Crippen LogP contribution in [0.15, 0.2) is 29.2 Å². The fourth-order valence-electron chi connectivity index (χ4n) is 2.17. The predicted molar refractivity (Wildman–Crippen MR) is 83.2 cm³/mol. The quantitative estimate of drug-likeness (QED) is 0.683. The largest absolute Gasteiger partial charge is 0.383 e. The van der Waals surface area contributed by atoms with Crippen LogP contribution in [0.25, 0.3) is 0 Å². The molecule has 0 aromatic heterocycles. The third-order valence-corrected chi connectivity index (χ3v) is 5.06. The Hall–Kier alpha value is -1.11. The van der Waals surface area contributed by atoms with Crippen molar-refractivity contribution in [1.29, 1.82) is 0 Å². The number of anilines is 1. The predicted octanol–water partition coefficient (Wildman–Crippen LogP) is 1.77. The first kappa shape index (κ1) is 16.9. The summed E-state index contributed by atoms with van der Waals surface area (Å²) in [5, 5.41) is 3.25. The minimum Gasteiger partial charge on any atom is -0.383 e. The molecular weight excluding hydrogens is 274 g/mol. The van der Waals surface area contributed by atoms with Crippen LogP contribution < -0.4 is 15.8 Å². The molecule has 0 amide bonds. The summed E-state index contributed by atoms with van der Waals surface area (Å²) < 4.78 is 25.5. The van der Waals surface area contributed by atoms with Gasteiger partial charge in [0, 0.05) is 18.3 Å². The van der Waals surface area contributed by atoms with Crippen LogP contribution in [0.1, 0.15) is 26.7 Å². The molecule has 0 spiro atoms. The minimum atomic E-state index is -3.37. The van der Waals surface area contributed by atoms with Crippen molar-refractivity contribution in [3.63, 3.8) is 0 Å². The molecule has 1 aromatic rings. The van der Waals surface area contributed by atoms with Gasteiger partial charge in [-0.15, -0.1) is 0 Å². The number of rotatable bonds is 8. The van der Waals surface area contributed by atoms with E-state index in [4.69, 9.17) is 5.73 Å². The molecule has 0 radical (unpaired) electrons. The van der Waals surface area contributed by atoms with Gasteiger partial charge in [-0.2, -0.15) is 0 Å². The maximum absolute atomic E-state index is 11.6. The highest BCUT2D eigenvalue weighted by molar-refractivity contribution is 7.89. The van der Waals surface area contributed by atoms with Crippen LogP contribution in [0.3, 0.4) is 0 Å². The van der Waals surface area contributed by atoms with Crippen LogP contribution in [-0.2, 0) is 10.0 Å². The lowest BCUT2D eigenvalue weighted by Crippen LogP contribution is -2.36. The number of hydrogen-bond acceptors (Lipinski definition) is 4. The fourth-order valence-corrected chi connectivity index (χ4v) is 2.90. The summed E-state index contributed by atoms with van der Waals surface area (Å²) in [6.45, 7) is 4.97. The maximum Gasteiger partial charge on any atom is 0.240 e. The number of nitrogens with two attached hydrogens (primary N) is 1. The van der Waals surface area contributed by atoms with Crippen LogP contribution in [0.2, 0.25) is 0 Å². The van der Waals surface area contributed by atoms with Crippen molar-refractivity contribution >= 4 is 15.7 Å². The van der Waals surface area contributed by atoms with Gasteiger partial charge in [-0.25, -0.2) is 13.1 Å². The van der Waals surface area contributed by atoms with Gasteiger partial charge in [-0.1, -0.05) is 26.7 Å².